The second kappa shape index (κ2) is 16.3. The predicted octanol–water partition coefficient (Wildman–Crippen LogP) is 6.03. The van der Waals surface area contributed by atoms with Crippen molar-refractivity contribution in [3.8, 4) is 33.3 Å². The molecule has 1 fully saturated rings. The molecule has 2 aliphatic rings. The van der Waals surface area contributed by atoms with Crippen LogP contribution in [-0.4, -0.2) is 89.9 Å². The van der Waals surface area contributed by atoms with Crippen LogP contribution in [-0.2, 0) is 27.3 Å². The molecule has 0 radical (unpaired) electrons. The van der Waals surface area contributed by atoms with Crippen LogP contribution in [0.1, 0.15) is 66.6 Å². The fourth-order valence-corrected chi connectivity index (χ4v) is 9.66. The Morgan fingerprint density at radius 2 is 1.86 bits per heavy atom. The number of aromatic hydroxyl groups is 1. The van der Waals surface area contributed by atoms with Gasteiger partial charge in [0.25, 0.3) is 11.8 Å². The van der Waals surface area contributed by atoms with Crippen LogP contribution in [0.2, 0.25) is 0 Å². The normalized spacial score (nSPS) is 17.7. The number of nitrogens with zero attached hydrogens (tertiary/aromatic N) is 6. The summed E-state index contributed by atoms with van der Waals surface area (Å²) in [6.07, 6.45) is -0.102. The molecule has 2 aromatic carbocycles. The highest BCUT2D eigenvalue weighted by Gasteiger charge is 2.43. The van der Waals surface area contributed by atoms with E-state index in [1.807, 2.05) is 69.6 Å². The monoisotopic (exact) mass is 821 g/mol. The fourth-order valence-electron chi connectivity index (χ4n) is 7.75. The summed E-state index contributed by atoms with van der Waals surface area (Å²) in [7, 11) is 0. The van der Waals surface area contributed by atoms with Gasteiger partial charge in [0.2, 0.25) is 11.8 Å². The van der Waals surface area contributed by atoms with Gasteiger partial charge in [-0.05, 0) is 66.2 Å². The molecule has 14 nitrogen and oxygen atoms in total. The Bertz CT molecular complexity index is 2480. The topological polar surface area (TPSA) is 184 Å². The molecule has 300 valence electrons. The van der Waals surface area contributed by atoms with E-state index in [0.29, 0.717) is 30.8 Å². The minimum Gasteiger partial charge on any atom is -0.507 e. The van der Waals surface area contributed by atoms with Gasteiger partial charge in [-0.2, -0.15) is 0 Å². The number of phenols is 1. The zero-order valence-corrected chi connectivity index (χ0v) is 34.0. The van der Waals surface area contributed by atoms with Crippen molar-refractivity contribution in [1.29, 1.82) is 0 Å². The SMILES string of the molecule is Cc1ncsc1-c1ccc([C@H](C)NC(=O)[C@@H]2C[C@@H](O)CN2C(=O)[C@@H](c2cc(OCC(=O)N3CCc4sc5nnc(-c6ccccc6O)cc5c4C3)no2)C(C)C)cc1. The lowest BCUT2D eigenvalue weighted by Gasteiger charge is -2.29. The van der Waals surface area contributed by atoms with Crippen LogP contribution in [0.25, 0.3) is 31.9 Å². The molecule has 4 aromatic heterocycles. The third-order valence-electron chi connectivity index (χ3n) is 10.9. The van der Waals surface area contributed by atoms with Gasteiger partial charge < -0.3 is 34.6 Å². The smallest absolute Gasteiger partial charge is 0.260 e. The Labute approximate surface area is 342 Å². The number of benzene rings is 2. The largest absolute Gasteiger partial charge is 0.507 e. The number of thiophene rings is 1. The van der Waals surface area contributed by atoms with Crippen LogP contribution in [0.5, 0.6) is 11.6 Å². The maximum atomic E-state index is 14.2. The molecule has 0 bridgehead atoms. The number of hydrogen-bond acceptors (Lipinski definition) is 13. The van der Waals surface area contributed by atoms with Gasteiger partial charge in [0.15, 0.2) is 12.4 Å². The van der Waals surface area contributed by atoms with Crippen molar-refractivity contribution in [1.82, 2.24) is 35.5 Å². The lowest BCUT2D eigenvalue weighted by molar-refractivity contribution is -0.141. The molecule has 2 aliphatic heterocycles. The number of thiazole rings is 1. The summed E-state index contributed by atoms with van der Waals surface area (Å²) in [6, 6.07) is 17.1. The van der Waals surface area contributed by atoms with E-state index in [-0.39, 0.29) is 66.6 Å². The number of fused-ring (bicyclic) bond motifs is 3. The number of hydrogen-bond donors (Lipinski definition) is 3. The van der Waals surface area contributed by atoms with E-state index in [1.54, 1.807) is 45.8 Å². The van der Waals surface area contributed by atoms with Crippen molar-refractivity contribution in [2.24, 2.45) is 5.92 Å². The Morgan fingerprint density at radius 1 is 1.07 bits per heavy atom. The molecule has 0 spiro atoms. The molecule has 16 heteroatoms. The summed E-state index contributed by atoms with van der Waals surface area (Å²) in [6.45, 7) is 8.17. The highest BCUT2D eigenvalue weighted by Crippen LogP contribution is 2.38. The third kappa shape index (κ3) is 7.78. The molecule has 0 saturated carbocycles. The Hall–Kier alpha value is -5.71. The molecule has 0 unspecified atom stereocenters. The van der Waals surface area contributed by atoms with Gasteiger partial charge in [-0.15, -0.1) is 32.9 Å². The third-order valence-corrected chi connectivity index (χ3v) is 13.0. The average molecular weight is 822 g/mol. The lowest BCUT2D eigenvalue weighted by atomic mass is 9.91. The number of aromatic nitrogens is 4. The summed E-state index contributed by atoms with van der Waals surface area (Å²) < 4.78 is 11.4. The van der Waals surface area contributed by atoms with Gasteiger partial charge in [0, 0.05) is 47.9 Å². The number of amides is 3. The van der Waals surface area contributed by atoms with Gasteiger partial charge in [0.05, 0.1) is 33.9 Å². The van der Waals surface area contributed by atoms with Gasteiger partial charge in [-0.1, -0.05) is 50.2 Å². The Kier molecular flexibility index (Phi) is 11.0. The van der Waals surface area contributed by atoms with Gasteiger partial charge in [0.1, 0.15) is 22.5 Å². The second-order valence-electron chi connectivity index (χ2n) is 15.1. The number of carbonyl (C=O) groups excluding carboxylic acids is 3. The number of nitrogens with one attached hydrogen (secondary N) is 1. The summed E-state index contributed by atoms with van der Waals surface area (Å²) in [5.74, 6) is -1.63. The van der Waals surface area contributed by atoms with Crippen molar-refractivity contribution in [3.63, 3.8) is 0 Å². The van der Waals surface area contributed by atoms with E-state index < -0.39 is 18.1 Å². The molecule has 3 amide bonds. The van der Waals surface area contributed by atoms with Crippen molar-refractivity contribution in [3.05, 3.63) is 93.6 Å². The van der Waals surface area contributed by atoms with Crippen molar-refractivity contribution in [2.45, 2.75) is 71.2 Å². The summed E-state index contributed by atoms with van der Waals surface area (Å²) in [5.41, 5.74) is 6.87. The Morgan fingerprint density at radius 3 is 2.60 bits per heavy atom. The number of aryl methyl sites for hydroxylation is 1. The number of aliphatic hydroxyl groups is 1. The van der Waals surface area contributed by atoms with Crippen molar-refractivity contribution < 1.29 is 33.9 Å². The number of rotatable bonds is 11. The average Bonchev–Trinajstić information content (AvgIpc) is 4.03. The van der Waals surface area contributed by atoms with E-state index in [4.69, 9.17) is 9.26 Å². The fraction of sp³-hybridized carbons (Fsp3) is 0.357. The van der Waals surface area contributed by atoms with Gasteiger partial charge >= 0.3 is 0 Å². The lowest BCUT2D eigenvalue weighted by Crippen LogP contribution is -2.48. The second-order valence-corrected chi connectivity index (χ2v) is 17.1. The number of ether oxygens (including phenoxy) is 1. The molecular weight excluding hydrogens is 779 g/mol. The summed E-state index contributed by atoms with van der Waals surface area (Å²) in [5, 5.41) is 37.7. The van der Waals surface area contributed by atoms with Crippen molar-refractivity contribution in [2.75, 3.05) is 19.7 Å². The number of phenolic OH excluding ortho intramolecular Hbond substituents is 1. The molecule has 6 aromatic rings. The molecule has 0 aliphatic carbocycles. The van der Waals surface area contributed by atoms with Crippen LogP contribution in [0.3, 0.4) is 0 Å². The zero-order valence-electron chi connectivity index (χ0n) is 32.4. The first-order chi connectivity index (χ1) is 27.9. The maximum absolute atomic E-state index is 14.2. The molecule has 8 rings (SSSR count). The van der Waals surface area contributed by atoms with E-state index in [2.05, 4.69) is 25.7 Å². The first kappa shape index (κ1) is 39.1. The number of carbonyl (C=O) groups is 3. The highest BCUT2D eigenvalue weighted by molar-refractivity contribution is 7.18. The molecule has 6 heterocycles. The van der Waals surface area contributed by atoms with Crippen molar-refractivity contribution >= 4 is 50.6 Å². The van der Waals surface area contributed by atoms with E-state index in [1.165, 1.54) is 11.0 Å². The number of likely N-dealkylation sites (tertiary alicyclic amines) is 1. The first-order valence-corrected chi connectivity index (χ1v) is 20.9. The summed E-state index contributed by atoms with van der Waals surface area (Å²) in [4.78, 5) is 51.8. The van der Waals surface area contributed by atoms with Crippen LogP contribution in [0, 0.1) is 12.8 Å². The quantitative estimate of drug-likeness (QED) is 0.139. The zero-order chi connectivity index (χ0) is 40.7. The minimum atomic E-state index is -0.879. The maximum Gasteiger partial charge on any atom is 0.260 e. The van der Waals surface area contributed by atoms with E-state index in [0.717, 1.165) is 42.4 Å². The highest BCUT2D eigenvalue weighted by atomic mass is 32.1. The van der Waals surface area contributed by atoms with Crippen LogP contribution >= 0.6 is 22.7 Å². The molecular formula is C42H43N7O7S2. The molecule has 1 saturated heterocycles. The molecule has 58 heavy (non-hydrogen) atoms. The Balaban J connectivity index is 0.901. The minimum absolute atomic E-state index is 0.00297. The molecule has 3 N–H and O–H groups in total. The van der Waals surface area contributed by atoms with Gasteiger partial charge in [-0.3, -0.25) is 14.4 Å². The predicted molar refractivity (Wildman–Crippen MR) is 218 cm³/mol. The van der Waals surface area contributed by atoms with Crippen LogP contribution in [0.15, 0.2) is 70.7 Å². The first-order valence-electron chi connectivity index (χ1n) is 19.2. The van der Waals surface area contributed by atoms with Crippen LogP contribution < -0.4 is 10.1 Å². The van der Waals surface area contributed by atoms with E-state index >= 15 is 0 Å². The van der Waals surface area contributed by atoms with E-state index in [9.17, 15) is 24.6 Å². The standard InChI is InChI=1S/C42H43N7O7S2/c1-22(2)38(42(54)49-18-27(50)15-32(49)40(53)44-23(3)25-9-11-26(12-10-25)39-24(4)43-21-57-39)34-17-36(47-56-34)55-20-37(52)48-14-13-35-30(19-48)29-16-31(45-46-41(29)58-35)28-7-5-6-8-33(28)51/h5-12,16-17,21-23,27,32,38,50-51H,13-15,18-20H2,1-4H3,(H,44,53)/t23-,27+,32-,38+/m0/s1. The molecule has 4 atom stereocenters. The number of aliphatic hydroxyl groups excluding tert-OH is 1. The summed E-state index contributed by atoms with van der Waals surface area (Å²) >= 11 is 3.13. The van der Waals surface area contributed by atoms with Gasteiger partial charge in [-0.25, -0.2) is 4.98 Å². The number of para-hydroxylation sites is 1. The number of β-amino-alcohol motifs (C(OH)–C–C–N with tert-alkyl or cyclic N) is 1. The van der Waals surface area contributed by atoms with Crippen LogP contribution in [0.4, 0.5) is 0 Å².